The first-order valence-corrected chi connectivity index (χ1v) is 8.05. The Morgan fingerprint density at radius 2 is 1.92 bits per heavy atom. The summed E-state index contributed by atoms with van der Waals surface area (Å²) in [5.41, 5.74) is 7.20. The number of hydrogen-bond donors (Lipinski definition) is 4. The van der Waals surface area contributed by atoms with Crippen molar-refractivity contribution in [2.24, 2.45) is 5.73 Å². The minimum Gasteiger partial charge on any atom is -0.507 e. The van der Waals surface area contributed by atoms with Crippen molar-refractivity contribution in [1.82, 2.24) is 5.32 Å². The number of aliphatic hydroxyl groups is 1. The Morgan fingerprint density at radius 1 is 1.21 bits per heavy atom. The monoisotopic (exact) mass is 328 g/mol. The number of aliphatic hydroxyl groups excluding tert-OH is 1. The highest BCUT2D eigenvalue weighted by Crippen LogP contribution is 2.19. The van der Waals surface area contributed by atoms with E-state index in [0.29, 0.717) is 19.4 Å². The Hall–Kier alpha value is -2.37. The average molecular weight is 328 g/mol. The summed E-state index contributed by atoms with van der Waals surface area (Å²) < 4.78 is 0. The number of amides is 1. The molecule has 0 bridgehead atoms. The van der Waals surface area contributed by atoms with Gasteiger partial charge in [0.2, 0.25) is 0 Å². The van der Waals surface area contributed by atoms with E-state index in [4.69, 9.17) is 5.73 Å². The third-order valence-corrected chi connectivity index (χ3v) is 3.99. The molecule has 0 spiro atoms. The maximum atomic E-state index is 11.2. The second kappa shape index (κ2) is 8.47. The molecule has 0 heterocycles. The molecule has 0 aliphatic carbocycles. The van der Waals surface area contributed by atoms with E-state index in [2.05, 4.69) is 5.32 Å². The van der Waals surface area contributed by atoms with Crippen LogP contribution >= 0.6 is 0 Å². The fourth-order valence-electron chi connectivity index (χ4n) is 2.63. The molecule has 5 N–H and O–H groups in total. The lowest BCUT2D eigenvalue weighted by atomic mass is 10.0. The molecule has 24 heavy (non-hydrogen) atoms. The normalized spacial score (nSPS) is 13.4. The van der Waals surface area contributed by atoms with Crippen LogP contribution in [0.5, 0.6) is 5.75 Å². The zero-order valence-corrected chi connectivity index (χ0v) is 13.8. The van der Waals surface area contributed by atoms with E-state index in [9.17, 15) is 15.0 Å². The van der Waals surface area contributed by atoms with Crippen LogP contribution in [0, 0.1) is 0 Å². The van der Waals surface area contributed by atoms with Crippen molar-refractivity contribution in [3.63, 3.8) is 0 Å². The second-order valence-corrected chi connectivity index (χ2v) is 5.98. The highest BCUT2D eigenvalue weighted by Gasteiger charge is 2.12. The van der Waals surface area contributed by atoms with Crippen LogP contribution in [0.1, 0.15) is 40.9 Å². The van der Waals surface area contributed by atoms with Crippen molar-refractivity contribution in [1.29, 1.82) is 0 Å². The summed E-state index contributed by atoms with van der Waals surface area (Å²) in [7, 11) is 0. The SMILES string of the molecule is CC(CC(O)c1ccccc1)NCCc1ccc(O)c(C(N)=O)c1. The van der Waals surface area contributed by atoms with Gasteiger partial charge in [-0.05, 0) is 49.6 Å². The van der Waals surface area contributed by atoms with Gasteiger partial charge < -0.3 is 21.3 Å². The van der Waals surface area contributed by atoms with Crippen LogP contribution in [0.25, 0.3) is 0 Å². The molecule has 1 amide bonds. The van der Waals surface area contributed by atoms with Gasteiger partial charge in [0.1, 0.15) is 5.75 Å². The van der Waals surface area contributed by atoms with Crippen molar-refractivity contribution < 1.29 is 15.0 Å². The maximum absolute atomic E-state index is 11.2. The Morgan fingerprint density at radius 3 is 2.58 bits per heavy atom. The molecule has 0 aromatic heterocycles. The fourth-order valence-corrected chi connectivity index (χ4v) is 2.63. The molecule has 2 aromatic carbocycles. The van der Waals surface area contributed by atoms with Gasteiger partial charge in [0.15, 0.2) is 0 Å². The topological polar surface area (TPSA) is 95.6 Å². The first-order chi connectivity index (χ1) is 11.5. The number of hydrogen-bond acceptors (Lipinski definition) is 4. The number of nitrogens with two attached hydrogens (primary N) is 1. The van der Waals surface area contributed by atoms with Crippen molar-refractivity contribution >= 4 is 5.91 Å². The minimum atomic E-state index is -0.637. The van der Waals surface area contributed by atoms with Gasteiger partial charge in [0.25, 0.3) is 5.91 Å². The van der Waals surface area contributed by atoms with Crippen LogP contribution in [0.3, 0.4) is 0 Å². The molecular formula is C19H24N2O3. The lowest BCUT2D eigenvalue weighted by molar-refractivity contribution is 0.0997. The van der Waals surface area contributed by atoms with E-state index < -0.39 is 12.0 Å². The van der Waals surface area contributed by atoms with Crippen LogP contribution in [0.2, 0.25) is 0 Å². The van der Waals surface area contributed by atoms with E-state index in [1.165, 1.54) is 6.07 Å². The highest BCUT2D eigenvalue weighted by molar-refractivity contribution is 5.95. The van der Waals surface area contributed by atoms with Gasteiger partial charge >= 0.3 is 0 Å². The van der Waals surface area contributed by atoms with Gasteiger partial charge in [0, 0.05) is 6.04 Å². The summed E-state index contributed by atoms with van der Waals surface area (Å²) in [5, 5.41) is 23.2. The minimum absolute atomic E-state index is 0.0986. The van der Waals surface area contributed by atoms with Crippen molar-refractivity contribution in [3.8, 4) is 5.75 Å². The number of carbonyl (C=O) groups excluding carboxylic acids is 1. The quantitative estimate of drug-likeness (QED) is 0.597. The van der Waals surface area contributed by atoms with Gasteiger partial charge in [-0.15, -0.1) is 0 Å². The lowest BCUT2D eigenvalue weighted by Crippen LogP contribution is -2.29. The average Bonchev–Trinajstić information content (AvgIpc) is 2.57. The number of aromatic hydroxyl groups is 1. The molecule has 0 aliphatic rings. The molecule has 128 valence electrons. The van der Waals surface area contributed by atoms with Gasteiger partial charge in [0.05, 0.1) is 11.7 Å². The molecule has 2 rings (SSSR count). The first-order valence-electron chi connectivity index (χ1n) is 8.05. The largest absolute Gasteiger partial charge is 0.507 e. The van der Waals surface area contributed by atoms with Crippen LogP contribution in [-0.4, -0.2) is 28.7 Å². The van der Waals surface area contributed by atoms with Crippen molar-refractivity contribution in [2.75, 3.05) is 6.54 Å². The van der Waals surface area contributed by atoms with E-state index >= 15 is 0 Å². The summed E-state index contributed by atoms with van der Waals surface area (Å²) in [6.45, 7) is 2.73. The number of nitrogens with one attached hydrogen (secondary N) is 1. The van der Waals surface area contributed by atoms with Crippen LogP contribution in [-0.2, 0) is 6.42 Å². The van der Waals surface area contributed by atoms with Crippen molar-refractivity contribution in [3.05, 3.63) is 65.2 Å². The molecule has 0 saturated heterocycles. The van der Waals surface area contributed by atoms with Crippen LogP contribution < -0.4 is 11.1 Å². The zero-order valence-electron chi connectivity index (χ0n) is 13.8. The van der Waals surface area contributed by atoms with Gasteiger partial charge in [-0.2, -0.15) is 0 Å². The number of phenols is 1. The maximum Gasteiger partial charge on any atom is 0.252 e. The number of primary amides is 1. The number of benzene rings is 2. The third kappa shape index (κ3) is 5.08. The summed E-state index contributed by atoms with van der Waals surface area (Å²) in [6, 6.07) is 14.6. The third-order valence-electron chi connectivity index (χ3n) is 3.99. The summed E-state index contributed by atoms with van der Waals surface area (Å²) >= 11 is 0. The Labute approximate surface area is 142 Å². The fraction of sp³-hybridized carbons (Fsp3) is 0.316. The molecule has 0 aliphatic heterocycles. The number of carbonyl (C=O) groups is 1. The van der Waals surface area contributed by atoms with Gasteiger partial charge in [-0.1, -0.05) is 36.4 Å². The Balaban J connectivity index is 1.81. The van der Waals surface area contributed by atoms with Gasteiger partial charge in [-0.3, -0.25) is 4.79 Å². The van der Waals surface area contributed by atoms with Crippen molar-refractivity contribution in [2.45, 2.75) is 31.9 Å². The Bertz CT molecular complexity index is 674. The van der Waals surface area contributed by atoms with Crippen LogP contribution in [0.4, 0.5) is 0 Å². The summed E-state index contributed by atoms with van der Waals surface area (Å²) in [5.74, 6) is -0.736. The van der Waals surface area contributed by atoms with Crippen LogP contribution in [0.15, 0.2) is 48.5 Å². The van der Waals surface area contributed by atoms with Gasteiger partial charge in [-0.25, -0.2) is 0 Å². The molecule has 0 saturated carbocycles. The molecule has 2 unspecified atom stereocenters. The molecule has 0 radical (unpaired) electrons. The summed E-state index contributed by atoms with van der Waals surface area (Å²) in [6.07, 6.45) is 0.821. The second-order valence-electron chi connectivity index (χ2n) is 5.98. The standard InChI is InChI=1S/C19H24N2O3/c1-13(11-18(23)15-5-3-2-4-6-15)21-10-9-14-7-8-17(22)16(12-14)19(20)24/h2-8,12-13,18,21-23H,9-11H2,1H3,(H2,20,24). The predicted molar refractivity (Wildman–Crippen MR) is 93.8 cm³/mol. The van der Waals surface area contributed by atoms with E-state index in [1.807, 2.05) is 37.3 Å². The summed E-state index contributed by atoms with van der Waals surface area (Å²) in [4.78, 5) is 11.2. The molecule has 5 nitrogen and oxygen atoms in total. The Kier molecular flexibility index (Phi) is 6.35. The lowest BCUT2D eigenvalue weighted by Gasteiger charge is -2.18. The molecule has 5 heteroatoms. The molecular weight excluding hydrogens is 304 g/mol. The highest BCUT2D eigenvalue weighted by atomic mass is 16.3. The predicted octanol–water partition coefficient (Wildman–Crippen LogP) is 2.14. The molecule has 0 fully saturated rings. The first kappa shape index (κ1) is 18.0. The zero-order chi connectivity index (χ0) is 17.5. The van der Waals surface area contributed by atoms with E-state index in [0.717, 1.165) is 11.1 Å². The number of rotatable bonds is 8. The smallest absolute Gasteiger partial charge is 0.252 e. The van der Waals surface area contributed by atoms with E-state index in [-0.39, 0.29) is 17.4 Å². The molecule has 2 aromatic rings. The van der Waals surface area contributed by atoms with E-state index in [1.54, 1.807) is 12.1 Å². The molecule has 2 atom stereocenters.